The van der Waals surface area contributed by atoms with E-state index in [9.17, 15) is 4.79 Å². The lowest BCUT2D eigenvalue weighted by molar-refractivity contribution is -0.117. The van der Waals surface area contributed by atoms with Crippen LogP contribution in [0.4, 0.5) is 0 Å². The van der Waals surface area contributed by atoms with E-state index in [1.807, 2.05) is 43.3 Å². The number of nitrogens with one attached hydrogen (secondary N) is 1. The molecular weight excluding hydrogens is 370 g/mol. The molecule has 5 heteroatoms. The topological polar surface area (TPSA) is 47.6 Å². The Morgan fingerprint density at radius 2 is 1.83 bits per heavy atom. The Hall–Kier alpha value is -2.27. The second-order valence-electron chi connectivity index (χ2n) is 5.22. The molecule has 0 unspecified atom stereocenters. The Labute approximate surface area is 150 Å². The minimum Gasteiger partial charge on any atom is -0.497 e. The zero-order valence-corrected chi connectivity index (χ0v) is 15.5. The Morgan fingerprint density at radius 3 is 2.46 bits per heavy atom. The number of amides is 1. The Bertz CT molecular complexity index is 726. The molecule has 2 aromatic rings. The van der Waals surface area contributed by atoms with Gasteiger partial charge in [-0.25, -0.2) is 0 Å². The summed E-state index contributed by atoms with van der Waals surface area (Å²) in [6.45, 7) is 1.95. The number of methoxy groups -OCH3 is 2. The van der Waals surface area contributed by atoms with Crippen LogP contribution in [0, 0.1) is 0 Å². The number of ether oxygens (including phenoxy) is 2. The van der Waals surface area contributed by atoms with E-state index in [0.29, 0.717) is 11.5 Å². The molecular formula is C19H20BrNO3. The summed E-state index contributed by atoms with van der Waals surface area (Å²) in [5.74, 6) is 1.22. The summed E-state index contributed by atoms with van der Waals surface area (Å²) in [4.78, 5) is 12.1. The van der Waals surface area contributed by atoms with Gasteiger partial charge < -0.3 is 14.8 Å². The van der Waals surface area contributed by atoms with E-state index >= 15 is 0 Å². The fourth-order valence-corrected chi connectivity index (χ4v) is 2.50. The van der Waals surface area contributed by atoms with E-state index < -0.39 is 0 Å². The van der Waals surface area contributed by atoms with Crippen LogP contribution in [0.15, 0.2) is 53.0 Å². The molecule has 1 atom stereocenters. The van der Waals surface area contributed by atoms with Crippen LogP contribution >= 0.6 is 15.9 Å². The van der Waals surface area contributed by atoms with Gasteiger partial charge in [-0.2, -0.15) is 0 Å². The number of hydrogen-bond acceptors (Lipinski definition) is 3. The molecule has 0 aliphatic heterocycles. The molecule has 1 N–H and O–H groups in total. The van der Waals surface area contributed by atoms with Gasteiger partial charge in [-0.3, -0.25) is 4.79 Å². The van der Waals surface area contributed by atoms with Crippen molar-refractivity contribution in [1.82, 2.24) is 5.32 Å². The normalized spacial score (nSPS) is 12.0. The van der Waals surface area contributed by atoms with Crippen LogP contribution in [0.25, 0.3) is 6.08 Å². The zero-order valence-electron chi connectivity index (χ0n) is 13.9. The first kappa shape index (κ1) is 18.1. The van der Waals surface area contributed by atoms with Gasteiger partial charge in [-0.1, -0.05) is 28.1 Å². The highest BCUT2D eigenvalue weighted by Crippen LogP contribution is 2.25. The summed E-state index contributed by atoms with van der Waals surface area (Å²) in [5.41, 5.74) is 1.82. The van der Waals surface area contributed by atoms with E-state index in [2.05, 4.69) is 21.2 Å². The average Bonchev–Trinajstić information content (AvgIpc) is 2.60. The molecule has 0 fully saturated rings. The summed E-state index contributed by atoms with van der Waals surface area (Å²) in [5, 5.41) is 2.94. The van der Waals surface area contributed by atoms with Gasteiger partial charge in [0.05, 0.1) is 20.3 Å². The van der Waals surface area contributed by atoms with Gasteiger partial charge in [-0.15, -0.1) is 0 Å². The quantitative estimate of drug-likeness (QED) is 0.746. The average molecular weight is 390 g/mol. The highest BCUT2D eigenvalue weighted by Gasteiger charge is 2.08. The van der Waals surface area contributed by atoms with Gasteiger partial charge in [0.15, 0.2) is 0 Å². The maximum Gasteiger partial charge on any atom is 0.244 e. The van der Waals surface area contributed by atoms with E-state index in [4.69, 9.17) is 9.47 Å². The highest BCUT2D eigenvalue weighted by molar-refractivity contribution is 9.10. The van der Waals surface area contributed by atoms with Crippen molar-refractivity contribution in [3.8, 4) is 11.5 Å². The first-order valence-corrected chi connectivity index (χ1v) is 8.29. The molecule has 0 saturated heterocycles. The van der Waals surface area contributed by atoms with Crippen LogP contribution in [0.1, 0.15) is 24.1 Å². The fourth-order valence-electron chi connectivity index (χ4n) is 2.23. The number of carbonyl (C=O) groups is 1. The van der Waals surface area contributed by atoms with Crippen molar-refractivity contribution in [2.24, 2.45) is 0 Å². The van der Waals surface area contributed by atoms with Crippen LogP contribution in [-0.4, -0.2) is 20.1 Å². The van der Waals surface area contributed by atoms with Gasteiger partial charge >= 0.3 is 0 Å². The molecule has 1 amide bonds. The molecule has 126 valence electrons. The van der Waals surface area contributed by atoms with Crippen molar-refractivity contribution in [3.05, 3.63) is 64.1 Å². The van der Waals surface area contributed by atoms with Crippen molar-refractivity contribution < 1.29 is 14.3 Å². The lowest BCUT2D eigenvalue weighted by atomic mass is 10.1. The molecule has 0 bridgehead atoms. The van der Waals surface area contributed by atoms with Crippen molar-refractivity contribution in [1.29, 1.82) is 0 Å². The third-order valence-electron chi connectivity index (χ3n) is 3.58. The third-order valence-corrected chi connectivity index (χ3v) is 4.11. The first-order valence-electron chi connectivity index (χ1n) is 7.49. The number of rotatable bonds is 6. The van der Waals surface area contributed by atoms with Gasteiger partial charge in [0.1, 0.15) is 11.5 Å². The maximum atomic E-state index is 12.1. The smallest absolute Gasteiger partial charge is 0.244 e. The van der Waals surface area contributed by atoms with Crippen molar-refractivity contribution in [2.45, 2.75) is 13.0 Å². The predicted molar refractivity (Wildman–Crippen MR) is 99.3 cm³/mol. The molecule has 0 spiro atoms. The number of carbonyl (C=O) groups excluding carboxylic acids is 1. The SMILES string of the molecule is COc1ccc(OC)c(/C=C/C(=O)N[C@H](C)c2ccc(Br)cc2)c1. The van der Waals surface area contributed by atoms with Crippen LogP contribution in [0.3, 0.4) is 0 Å². The Balaban J connectivity index is 2.06. The summed E-state index contributed by atoms with van der Waals surface area (Å²) in [6, 6.07) is 13.2. The largest absolute Gasteiger partial charge is 0.497 e. The van der Waals surface area contributed by atoms with Crippen LogP contribution in [0.5, 0.6) is 11.5 Å². The third kappa shape index (κ3) is 4.86. The summed E-state index contributed by atoms with van der Waals surface area (Å²) in [7, 11) is 3.19. The van der Waals surface area contributed by atoms with E-state index in [1.165, 1.54) is 6.08 Å². The molecule has 2 aromatic carbocycles. The monoisotopic (exact) mass is 389 g/mol. The maximum absolute atomic E-state index is 12.1. The number of hydrogen-bond donors (Lipinski definition) is 1. The second kappa shape index (κ2) is 8.55. The van der Waals surface area contributed by atoms with E-state index in [1.54, 1.807) is 26.4 Å². The zero-order chi connectivity index (χ0) is 17.5. The van der Waals surface area contributed by atoms with Gasteiger partial charge in [0, 0.05) is 16.1 Å². The van der Waals surface area contributed by atoms with Crippen LogP contribution < -0.4 is 14.8 Å². The van der Waals surface area contributed by atoms with Crippen LogP contribution in [0.2, 0.25) is 0 Å². The number of halogens is 1. The second-order valence-corrected chi connectivity index (χ2v) is 6.14. The van der Waals surface area contributed by atoms with Gasteiger partial charge in [0.2, 0.25) is 5.91 Å². The summed E-state index contributed by atoms with van der Waals surface area (Å²) in [6.07, 6.45) is 3.21. The minimum atomic E-state index is -0.171. The summed E-state index contributed by atoms with van der Waals surface area (Å²) < 4.78 is 11.5. The standard InChI is InChI=1S/C19H20BrNO3/c1-13(14-4-7-16(20)8-5-14)21-19(22)11-6-15-12-17(23-2)9-10-18(15)24-3/h4-13H,1-3H3,(H,21,22)/b11-6+/t13-/m1/s1. The molecule has 0 radical (unpaired) electrons. The Morgan fingerprint density at radius 1 is 1.12 bits per heavy atom. The summed E-state index contributed by atoms with van der Waals surface area (Å²) >= 11 is 3.40. The number of benzene rings is 2. The lowest BCUT2D eigenvalue weighted by Gasteiger charge is -2.13. The Kier molecular flexibility index (Phi) is 6.44. The first-order chi connectivity index (χ1) is 11.5. The molecule has 0 aromatic heterocycles. The minimum absolute atomic E-state index is 0.0811. The fraction of sp³-hybridized carbons (Fsp3) is 0.211. The predicted octanol–water partition coefficient (Wildman–Crippen LogP) is 4.36. The molecule has 0 aliphatic carbocycles. The molecule has 2 rings (SSSR count). The van der Waals surface area contributed by atoms with Crippen molar-refractivity contribution in [3.63, 3.8) is 0 Å². The van der Waals surface area contributed by atoms with E-state index in [-0.39, 0.29) is 11.9 Å². The van der Waals surface area contributed by atoms with Crippen LogP contribution in [-0.2, 0) is 4.79 Å². The van der Waals surface area contributed by atoms with E-state index in [0.717, 1.165) is 15.6 Å². The highest BCUT2D eigenvalue weighted by atomic mass is 79.9. The molecule has 4 nitrogen and oxygen atoms in total. The van der Waals surface area contributed by atoms with Crippen molar-refractivity contribution in [2.75, 3.05) is 14.2 Å². The van der Waals surface area contributed by atoms with Gasteiger partial charge in [0.25, 0.3) is 0 Å². The molecule has 0 saturated carbocycles. The van der Waals surface area contributed by atoms with Crippen molar-refractivity contribution >= 4 is 27.9 Å². The van der Waals surface area contributed by atoms with Gasteiger partial charge in [-0.05, 0) is 48.9 Å². The molecule has 24 heavy (non-hydrogen) atoms. The molecule has 0 aliphatic rings. The molecule has 0 heterocycles. The lowest BCUT2D eigenvalue weighted by Crippen LogP contribution is -2.24.